The summed E-state index contributed by atoms with van der Waals surface area (Å²) in [6, 6.07) is 18.9. The third kappa shape index (κ3) is 6.01. The Bertz CT molecular complexity index is 1280. The molecule has 180 valence electrons. The van der Waals surface area contributed by atoms with Gasteiger partial charge in [-0.25, -0.2) is 4.99 Å². The number of amidine groups is 1. The smallest absolute Gasteiger partial charge is 0.266 e. The maximum atomic E-state index is 13.0. The Hall–Kier alpha value is -2.93. The summed E-state index contributed by atoms with van der Waals surface area (Å²) in [5, 5.41) is 1.38. The standard InChI is InChI=1S/C27H24Cl2N2O3S/c1-4-31-26(32)24(35-27(31)30-20-8-10-21(33-3)11-9-20)15-19-13-22(28)25(23(29)14-19)34-16-18-7-5-6-17(2)12-18/h5-15H,4,16H2,1-3H3/b24-15+,30-27?. The van der Waals surface area contributed by atoms with Gasteiger partial charge < -0.3 is 9.47 Å². The molecule has 1 fully saturated rings. The van der Waals surface area contributed by atoms with Crippen molar-refractivity contribution in [1.29, 1.82) is 0 Å². The minimum atomic E-state index is -0.114. The predicted molar refractivity (Wildman–Crippen MR) is 145 cm³/mol. The minimum Gasteiger partial charge on any atom is -0.497 e. The molecule has 0 radical (unpaired) electrons. The number of methoxy groups -OCH3 is 1. The first-order valence-corrected chi connectivity index (χ1v) is 12.6. The summed E-state index contributed by atoms with van der Waals surface area (Å²) in [5.41, 5.74) is 3.63. The first-order valence-electron chi connectivity index (χ1n) is 11.0. The zero-order chi connectivity index (χ0) is 24.9. The van der Waals surface area contributed by atoms with E-state index >= 15 is 0 Å². The Kier molecular flexibility index (Phi) is 8.06. The van der Waals surface area contributed by atoms with Gasteiger partial charge in [-0.2, -0.15) is 0 Å². The molecule has 0 spiro atoms. The number of amides is 1. The second-order valence-electron chi connectivity index (χ2n) is 7.84. The van der Waals surface area contributed by atoms with Crippen LogP contribution in [-0.2, 0) is 11.4 Å². The molecule has 5 nitrogen and oxygen atoms in total. The van der Waals surface area contributed by atoms with Gasteiger partial charge >= 0.3 is 0 Å². The van der Waals surface area contributed by atoms with Crippen LogP contribution < -0.4 is 9.47 Å². The minimum absolute atomic E-state index is 0.114. The lowest BCUT2D eigenvalue weighted by Crippen LogP contribution is -2.28. The van der Waals surface area contributed by atoms with Crippen LogP contribution in [0.4, 0.5) is 5.69 Å². The van der Waals surface area contributed by atoms with Crippen LogP contribution in [0.25, 0.3) is 6.08 Å². The van der Waals surface area contributed by atoms with Gasteiger partial charge in [0.15, 0.2) is 10.9 Å². The SMILES string of the molecule is CCN1C(=O)/C(=C\c2cc(Cl)c(OCc3cccc(C)c3)c(Cl)c2)SC1=Nc1ccc(OC)cc1. The van der Waals surface area contributed by atoms with E-state index in [0.29, 0.717) is 44.6 Å². The fourth-order valence-electron chi connectivity index (χ4n) is 3.55. The van der Waals surface area contributed by atoms with Crippen molar-refractivity contribution in [2.24, 2.45) is 4.99 Å². The molecule has 1 aliphatic heterocycles. The molecule has 1 amide bonds. The van der Waals surface area contributed by atoms with Crippen LogP contribution in [0.1, 0.15) is 23.6 Å². The van der Waals surface area contributed by atoms with Gasteiger partial charge in [0, 0.05) is 6.54 Å². The Morgan fingerprint density at radius 3 is 2.40 bits per heavy atom. The van der Waals surface area contributed by atoms with E-state index in [1.807, 2.05) is 62.4 Å². The van der Waals surface area contributed by atoms with Gasteiger partial charge in [0.2, 0.25) is 0 Å². The molecule has 0 aliphatic carbocycles. The van der Waals surface area contributed by atoms with E-state index in [4.69, 9.17) is 32.7 Å². The summed E-state index contributed by atoms with van der Waals surface area (Å²) in [6.07, 6.45) is 1.77. The number of hydrogen-bond donors (Lipinski definition) is 0. The summed E-state index contributed by atoms with van der Waals surface area (Å²) in [4.78, 5) is 19.8. The van der Waals surface area contributed by atoms with Crippen molar-refractivity contribution >= 4 is 57.8 Å². The molecule has 0 N–H and O–H groups in total. The molecule has 0 aromatic heterocycles. The van der Waals surface area contributed by atoms with Crippen LogP contribution >= 0.6 is 35.0 Å². The van der Waals surface area contributed by atoms with Crippen LogP contribution in [0, 0.1) is 6.92 Å². The van der Waals surface area contributed by atoms with Crippen molar-refractivity contribution in [2.75, 3.05) is 13.7 Å². The van der Waals surface area contributed by atoms with Crippen molar-refractivity contribution in [3.63, 3.8) is 0 Å². The van der Waals surface area contributed by atoms with Gasteiger partial charge in [-0.15, -0.1) is 0 Å². The lowest BCUT2D eigenvalue weighted by Gasteiger charge is -2.12. The Labute approximate surface area is 219 Å². The highest BCUT2D eigenvalue weighted by atomic mass is 35.5. The van der Waals surface area contributed by atoms with Crippen molar-refractivity contribution in [2.45, 2.75) is 20.5 Å². The normalized spacial score (nSPS) is 15.8. The van der Waals surface area contributed by atoms with E-state index in [1.165, 1.54) is 11.8 Å². The van der Waals surface area contributed by atoms with Crippen molar-refractivity contribution in [1.82, 2.24) is 4.90 Å². The Balaban J connectivity index is 1.55. The molecular weight excluding hydrogens is 503 g/mol. The summed E-state index contributed by atoms with van der Waals surface area (Å²) in [6.45, 7) is 4.80. The van der Waals surface area contributed by atoms with Crippen LogP contribution in [0.3, 0.4) is 0 Å². The number of likely N-dealkylation sites (N-methyl/N-ethyl adjacent to an activating group) is 1. The number of carbonyl (C=O) groups is 1. The van der Waals surface area contributed by atoms with Gasteiger partial charge in [0.25, 0.3) is 5.91 Å². The highest BCUT2D eigenvalue weighted by Gasteiger charge is 2.32. The maximum absolute atomic E-state index is 13.0. The van der Waals surface area contributed by atoms with Gasteiger partial charge in [-0.1, -0.05) is 53.0 Å². The van der Waals surface area contributed by atoms with Gasteiger partial charge in [0.1, 0.15) is 12.4 Å². The fraction of sp³-hybridized carbons (Fsp3) is 0.185. The quantitative estimate of drug-likeness (QED) is 0.299. The zero-order valence-corrected chi connectivity index (χ0v) is 21.9. The summed E-state index contributed by atoms with van der Waals surface area (Å²) in [7, 11) is 1.61. The van der Waals surface area contributed by atoms with Crippen LogP contribution in [0.2, 0.25) is 10.0 Å². The molecule has 1 heterocycles. The van der Waals surface area contributed by atoms with E-state index in [9.17, 15) is 4.79 Å². The lowest BCUT2D eigenvalue weighted by atomic mass is 10.1. The number of ether oxygens (including phenoxy) is 2. The molecule has 0 unspecified atom stereocenters. The molecule has 0 bridgehead atoms. The molecule has 0 saturated carbocycles. The zero-order valence-electron chi connectivity index (χ0n) is 19.5. The molecule has 3 aromatic carbocycles. The third-order valence-electron chi connectivity index (χ3n) is 5.29. The molecule has 4 rings (SSSR count). The monoisotopic (exact) mass is 526 g/mol. The fourth-order valence-corrected chi connectivity index (χ4v) is 5.22. The average molecular weight is 527 g/mol. The number of hydrogen-bond acceptors (Lipinski definition) is 5. The van der Waals surface area contributed by atoms with E-state index < -0.39 is 0 Å². The van der Waals surface area contributed by atoms with E-state index in [2.05, 4.69) is 4.99 Å². The molecule has 1 saturated heterocycles. The Morgan fingerprint density at radius 2 is 1.77 bits per heavy atom. The molecule has 3 aromatic rings. The van der Waals surface area contributed by atoms with E-state index in [1.54, 1.807) is 30.2 Å². The summed E-state index contributed by atoms with van der Waals surface area (Å²) < 4.78 is 11.1. The van der Waals surface area contributed by atoms with Crippen molar-refractivity contribution in [3.05, 3.63) is 92.3 Å². The maximum Gasteiger partial charge on any atom is 0.266 e. The van der Waals surface area contributed by atoms with Crippen LogP contribution in [0.15, 0.2) is 70.6 Å². The van der Waals surface area contributed by atoms with E-state index in [0.717, 1.165) is 22.6 Å². The number of aliphatic imine (C=N–C) groups is 1. The molecule has 1 aliphatic rings. The summed E-state index contributed by atoms with van der Waals surface area (Å²) >= 11 is 14.3. The number of thioether (sulfide) groups is 1. The molecule has 0 atom stereocenters. The number of benzene rings is 3. The third-order valence-corrected chi connectivity index (χ3v) is 6.85. The summed E-state index contributed by atoms with van der Waals surface area (Å²) in [5.74, 6) is 1.05. The van der Waals surface area contributed by atoms with Crippen molar-refractivity contribution < 1.29 is 14.3 Å². The number of halogens is 2. The molecular formula is C27H24Cl2N2O3S. The highest BCUT2D eigenvalue weighted by molar-refractivity contribution is 8.18. The van der Waals surface area contributed by atoms with Crippen molar-refractivity contribution in [3.8, 4) is 11.5 Å². The number of carbonyl (C=O) groups excluding carboxylic acids is 1. The Morgan fingerprint density at radius 1 is 1.06 bits per heavy atom. The highest BCUT2D eigenvalue weighted by Crippen LogP contribution is 2.38. The van der Waals surface area contributed by atoms with Gasteiger partial charge in [-0.05, 0) is 79.2 Å². The number of aryl methyl sites for hydroxylation is 1. The van der Waals surface area contributed by atoms with E-state index in [-0.39, 0.29) is 5.91 Å². The average Bonchev–Trinajstić information content (AvgIpc) is 3.12. The second-order valence-corrected chi connectivity index (χ2v) is 9.67. The van der Waals surface area contributed by atoms with Crippen LogP contribution in [0.5, 0.6) is 11.5 Å². The largest absolute Gasteiger partial charge is 0.497 e. The predicted octanol–water partition coefficient (Wildman–Crippen LogP) is 7.51. The topological polar surface area (TPSA) is 51.1 Å². The first kappa shape index (κ1) is 25.2. The number of rotatable bonds is 7. The lowest BCUT2D eigenvalue weighted by molar-refractivity contribution is -0.122. The van der Waals surface area contributed by atoms with Crippen LogP contribution in [-0.4, -0.2) is 29.6 Å². The first-order chi connectivity index (χ1) is 16.9. The molecule has 8 heteroatoms. The number of nitrogens with zero attached hydrogens (tertiary/aromatic N) is 2. The van der Waals surface area contributed by atoms with Gasteiger partial charge in [0.05, 0.1) is 27.7 Å². The second kappa shape index (κ2) is 11.2. The van der Waals surface area contributed by atoms with Gasteiger partial charge in [-0.3, -0.25) is 9.69 Å². The molecule has 35 heavy (non-hydrogen) atoms.